The third kappa shape index (κ3) is 4.40. The zero-order valence-corrected chi connectivity index (χ0v) is 17.9. The molecule has 3 fully saturated rings. The van der Waals surface area contributed by atoms with Gasteiger partial charge in [-0.1, -0.05) is 6.07 Å². The van der Waals surface area contributed by atoms with E-state index in [1.165, 1.54) is 31.5 Å². The molecule has 7 heteroatoms. The quantitative estimate of drug-likeness (QED) is 0.506. The van der Waals surface area contributed by atoms with Gasteiger partial charge in [0.15, 0.2) is 12.5 Å². The Morgan fingerprint density at radius 3 is 2.63 bits per heavy atom. The van der Waals surface area contributed by atoms with Gasteiger partial charge >= 0.3 is 0 Å². The molecule has 4 N–H and O–H groups in total. The minimum Gasteiger partial charge on any atom is -0.469 e. The van der Waals surface area contributed by atoms with Gasteiger partial charge in [-0.25, -0.2) is 0 Å². The van der Waals surface area contributed by atoms with Crippen LogP contribution in [0.25, 0.3) is 0 Å². The smallest absolute Gasteiger partial charge is 0.168 e. The van der Waals surface area contributed by atoms with Crippen molar-refractivity contribution in [2.75, 3.05) is 49.7 Å². The van der Waals surface area contributed by atoms with Gasteiger partial charge in [-0.05, 0) is 69.5 Å². The van der Waals surface area contributed by atoms with Crippen LogP contribution in [0.15, 0.2) is 18.2 Å². The van der Waals surface area contributed by atoms with Crippen LogP contribution in [0.3, 0.4) is 0 Å². The fourth-order valence-corrected chi connectivity index (χ4v) is 5.23. The van der Waals surface area contributed by atoms with Gasteiger partial charge in [0.25, 0.3) is 0 Å². The first-order valence-corrected chi connectivity index (χ1v) is 11.7. The summed E-state index contributed by atoms with van der Waals surface area (Å²) in [7, 11) is 0. The molecule has 1 aromatic rings. The third-order valence-corrected chi connectivity index (χ3v) is 7.55. The van der Waals surface area contributed by atoms with Gasteiger partial charge in [0.05, 0.1) is 11.4 Å². The first-order chi connectivity index (χ1) is 14.6. The maximum Gasteiger partial charge on any atom is 0.168 e. The summed E-state index contributed by atoms with van der Waals surface area (Å²) in [6, 6.07) is 6.72. The molecule has 30 heavy (non-hydrogen) atoms. The molecule has 7 nitrogen and oxygen atoms in total. The molecule has 4 aliphatic rings. The number of para-hydroxylation sites is 1. The van der Waals surface area contributed by atoms with Crippen molar-refractivity contribution in [2.24, 2.45) is 5.92 Å². The number of rotatable bonds is 7. The second-order valence-corrected chi connectivity index (χ2v) is 9.63. The van der Waals surface area contributed by atoms with Gasteiger partial charge in [-0.2, -0.15) is 0 Å². The molecule has 2 aliphatic heterocycles. The van der Waals surface area contributed by atoms with E-state index >= 15 is 0 Å². The Labute approximate surface area is 179 Å². The lowest BCUT2D eigenvalue weighted by Crippen LogP contribution is -2.48. The van der Waals surface area contributed by atoms with Crippen LogP contribution >= 0.6 is 0 Å². The van der Waals surface area contributed by atoms with Gasteiger partial charge in [-0.15, -0.1) is 0 Å². The summed E-state index contributed by atoms with van der Waals surface area (Å²) in [5, 5.41) is 26.7. The lowest BCUT2D eigenvalue weighted by atomic mass is 9.84. The molecule has 2 aliphatic carbocycles. The summed E-state index contributed by atoms with van der Waals surface area (Å²) in [5.41, 5.74) is 1.49. The second kappa shape index (κ2) is 8.54. The Morgan fingerprint density at radius 1 is 1.13 bits per heavy atom. The van der Waals surface area contributed by atoms with Gasteiger partial charge in [0.2, 0.25) is 0 Å². The van der Waals surface area contributed by atoms with E-state index in [1.54, 1.807) is 0 Å². The van der Waals surface area contributed by atoms with Crippen molar-refractivity contribution in [3.63, 3.8) is 0 Å². The number of aliphatic hydroxyl groups excluding tert-OH is 1. The van der Waals surface area contributed by atoms with Crippen LogP contribution in [0.5, 0.6) is 5.75 Å². The second-order valence-electron chi connectivity index (χ2n) is 9.63. The van der Waals surface area contributed by atoms with Crippen molar-refractivity contribution in [1.82, 2.24) is 10.2 Å². The van der Waals surface area contributed by atoms with E-state index in [1.807, 2.05) is 0 Å². The Kier molecular flexibility index (Phi) is 5.79. The maximum absolute atomic E-state index is 10.1. The molecule has 1 atom stereocenters. The molecule has 0 amide bonds. The molecule has 0 spiro atoms. The summed E-state index contributed by atoms with van der Waals surface area (Å²) in [4.78, 5) is 5.06. The summed E-state index contributed by atoms with van der Waals surface area (Å²) in [5.74, 6) is 1.80. The minimum absolute atomic E-state index is 0.355. The number of piperazine rings is 1. The third-order valence-electron chi connectivity index (χ3n) is 7.55. The fourth-order valence-electron chi connectivity index (χ4n) is 5.23. The number of benzene rings is 1. The largest absolute Gasteiger partial charge is 0.469 e. The first-order valence-electron chi connectivity index (χ1n) is 11.7. The van der Waals surface area contributed by atoms with Crippen LogP contribution in [0.1, 0.15) is 44.9 Å². The predicted octanol–water partition coefficient (Wildman–Crippen LogP) is 1.95. The van der Waals surface area contributed by atoms with Gasteiger partial charge in [-0.3, -0.25) is 10.2 Å². The van der Waals surface area contributed by atoms with Crippen LogP contribution in [0.2, 0.25) is 0 Å². The van der Waals surface area contributed by atoms with Crippen molar-refractivity contribution in [1.29, 1.82) is 0 Å². The normalized spacial score (nSPS) is 29.1. The summed E-state index contributed by atoms with van der Waals surface area (Å²) >= 11 is 0. The molecule has 5 rings (SSSR count). The Hall–Kier alpha value is -1.54. The number of fused-ring (bicyclic) bond motifs is 1. The maximum atomic E-state index is 10.1. The average molecular weight is 417 g/mol. The average Bonchev–Trinajstić information content (AvgIpc) is 3.34. The van der Waals surface area contributed by atoms with Crippen molar-refractivity contribution >= 4 is 11.4 Å². The van der Waals surface area contributed by atoms with Crippen molar-refractivity contribution in [2.45, 2.75) is 62.8 Å². The minimum atomic E-state index is -0.846. The predicted molar refractivity (Wildman–Crippen MR) is 118 cm³/mol. The van der Waals surface area contributed by atoms with Crippen LogP contribution in [0.4, 0.5) is 11.4 Å². The Morgan fingerprint density at radius 2 is 1.90 bits per heavy atom. The molecular weight excluding hydrogens is 380 g/mol. The lowest BCUT2D eigenvalue weighted by molar-refractivity contribution is -0.0306. The molecule has 0 radical (unpaired) electrons. The van der Waals surface area contributed by atoms with Crippen molar-refractivity contribution < 1.29 is 14.9 Å². The topological polar surface area (TPSA) is 80.2 Å². The highest BCUT2D eigenvalue weighted by Gasteiger charge is 2.48. The molecule has 166 valence electrons. The van der Waals surface area contributed by atoms with Crippen molar-refractivity contribution in [3.05, 3.63) is 18.2 Å². The molecule has 0 aromatic heterocycles. The highest BCUT2D eigenvalue weighted by Crippen LogP contribution is 2.40. The monoisotopic (exact) mass is 416 g/mol. The van der Waals surface area contributed by atoms with E-state index in [9.17, 15) is 10.2 Å². The zero-order valence-electron chi connectivity index (χ0n) is 17.9. The number of nitrogens with one attached hydrogen (secondary N) is 2. The Balaban J connectivity index is 1.02. The molecular formula is C23H36N4O3. The summed E-state index contributed by atoms with van der Waals surface area (Å²) < 4.78 is 5.79. The lowest BCUT2D eigenvalue weighted by Gasteiger charge is -2.37. The standard InChI is InChI=1S/C23H36N4O3/c28-22(23(29)9-10-23)25-18-6-4-17(5-7-18)8-11-26-12-14-27(15-13-26)20-3-1-2-19-21(20)30-16-24-19/h1-3,17-18,22,24-25,28-29H,4-16H2. The van der Waals surface area contributed by atoms with Crippen LogP contribution in [-0.2, 0) is 0 Å². The summed E-state index contributed by atoms with van der Waals surface area (Å²) in [6.07, 6.45) is 6.64. The molecule has 1 unspecified atom stereocenters. The van der Waals surface area contributed by atoms with E-state index in [0.717, 1.165) is 69.2 Å². The number of hydrogen-bond acceptors (Lipinski definition) is 7. The van der Waals surface area contributed by atoms with Crippen LogP contribution in [0, 0.1) is 5.92 Å². The SMILES string of the molecule is OC(NC1CCC(CCN2CCN(c3cccc4c3OCN4)CC2)CC1)C1(O)CC1. The Bertz CT molecular complexity index is 725. The summed E-state index contributed by atoms with van der Waals surface area (Å²) in [6.45, 7) is 6.08. The van der Waals surface area contributed by atoms with E-state index in [4.69, 9.17) is 4.74 Å². The highest BCUT2D eigenvalue weighted by molar-refractivity contribution is 5.74. The van der Waals surface area contributed by atoms with Crippen LogP contribution < -0.4 is 20.3 Å². The molecule has 2 heterocycles. The first kappa shape index (κ1) is 20.4. The van der Waals surface area contributed by atoms with Crippen LogP contribution in [-0.4, -0.2) is 72.4 Å². The van der Waals surface area contributed by atoms with Gasteiger partial charge in [0, 0.05) is 32.2 Å². The number of aliphatic hydroxyl groups is 2. The van der Waals surface area contributed by atoms with E-state index in [2.05, 4.69) is 38.6 Å². The van der Waals surface area contributed by atoms with Gasteiger partial charge in [0.1, 0.15) is 11.8 Å². The molecule has 0 bridgehead atoms. The number of hydrogen-bond donors (Lipinski definition) is 4. The van der Waals surface area contributed by atoms with Crippen molar-refractivity contribution in [3.8, 4) is 5.75 Å². The van der Waals surface area contributed by atoms with E-state index in [-0.39, 0.29) is 0 Å². The number of ether oxygens (including phenoxy) is 1. The van der Waals surface area contributed by atoms with E-state index < -0.39 is 11.8 Å². The highest BCUT2D eigenvalue weighted by atomic mass is 16.5. The van der Waals surface area contributed by atoms with Gasteiger partial charge < -0.3 is 25.2 Å². The molecule has 1 saturated heterocycles. The molecule has 1 aromatic carbocycles. The zero-order chi connectivity index (χ0) is 20.6. The fraction of sp³-hybridized carbons (Fsp3) is 0.739. The number of anilines is 2. The number of nitrogens with zero attached hydrogens (tertiary/aromatic N) is 2. The molecule has 2 saturated carbocycles. The van der Waals surface area contributed by atoms with E-state index in [0.29, 0.717) is 12.8 Å².